The number of nitrogens with zero attached hydrogens (tertiary/aromatic N) is 2. The minimum absolute atomic E-state index is 0.0556. The molecule has 0 bridgehead atoms. The van der Waals surface area contributed by atoms with Crippen molar-refractivity contribution in [1.29, 1.82) is 0 Å². The highest BCUT2D eigenvalue weighted by molar-refractivity contribution is 5.89. The Kier molecular flexibility index (Phi) is 1.86. The van der Waals surface area contributed by atoms with E-state index in [2.05, 4.69) is 4.98 Å². The van der Waals surface area contributed by atoms with Crippen molar-refractivity contribution in [2.24, 2.45) is 0 Å². The monoisotopic (exact) mass is 208 g/mol. The van der Waals surface area contributed by atoms with Crippen LogP contribution in [0.4, 0.5) is 5.69 Å². The summed E-state index contributed by atoms with van der Waals surface area (Å²) >= 11 is 0. The zero-order valence-corrected chi connectivity index (χ0v) is 7.21. The quantitative estimate of drug-likeness (QED) is 0.590. The number of aromatic nitrogens is 1. The first-order chi connectivity index (χ1) is 7.09. The van der Waals surface area contributed by atoms with Gasteiger partial charge in [-0.25, -0.2) is 4.79 Å². The molecule has 1 aromatic carbocycles. The molecule has 15 heavy (non-hydrogen) atoms. The van der Waals surface area contributed by atoms with Gasteiger partial charge in [0.15, 0.2) is 11.1 Å². The van der Waals surface area contributed by atoms with E-state index in [0.717, 1.165) is 0 Å². The van der Waals surface area contributed by atoms with Crippen molar-refractivity contribution in [3.63, 3.8) is 0 Å². The van der Waals surface area contributed by atoms with E-state index in [4.69, 9.17) is 9.52 Å². The average molecular weight is 208 g/mol. The maximum Gasteiger partial charge on any atom is 0.392 e. The van der Waals surface area contributed by atoms with Crippen LogP contribution in [-0.4, -0.2) is 21.0 Å². The van der Waals surface area contributed by atoms with Gasteiger partial charge in [-0.3, -0.25) is 10.1 Å². The fourth-order valence-electron chi connectivity index (χ4n) is 1.17. The van der Waals surface area contributed by atoms with E-state index in [1.54, 1.807) is 0 Å². The van der Waals surface area contributed by atoms with Crippen molar-refractivity contribution in [3.8, 4) is 0 Å². The molecule has 0 saturated heterocycles. The lowest BCUT2D eigenvalue weighted by Crippen LogP contribution is -1.95. The Bertz CT molecular complexity index is 559. The summed E-state index contributed by atoms with van der Waals surface area (Å²) < 4.78 is 4.81. The molecule has 0 saturated carbocycles. The third kappa shape index (κ3) is 1.39. The first-order valence-corrected chi connectivity index (χ1v) is 3.87. The highest BCUT2D eigenvalue weighted by Crippen LogP contribution is 2.25. The molecule has 7 heteroatoms. The Labute approximate surface area is 82.1 Å². The smallest absolute Gasteiger partial charge is 0.392 e. The summed E-state index contributed by atoms with van der Waals surface area (Å²) in [6.07, 6.45) is 0. The van der Waals surface area contributed by atoms with Crippen LogP contribution in [-0.2, 0) is 0 Å². The summed E-state index contributed by atoms with van der Waals surface area (Å²) in [7, 11) is 0. The summed E-state index contributed by atoms with van der Waals surface area (Å²) in [5.41, 5.74) is -0.245. The second kappa shape index (κ2) is 3.05. The predicted molar refractivity (Wildman–Crippen MR) is 47.6 cm³/mol. The Morgan fingerprint density at radius 2 is 2.27 bits per heavy atom. The number of nitro groups is 1. The largest absolute Gasteiger partial charge is 0.474 e. The predicted octanol–water partition coefficient (Wildman–Crippen LogP) is 1.43. The number of hydrogen-bond donors (Lipinski definition) is 1. The minimum atomic E-state index is -1.36. The molecule has 76 valence electrons. The number of para-hydroxylation sites is 1. The standard InChI is InChI=1S/C8H4N2O5/c11-8(12)7-9-6-4(10(13)14)2-1-3-5(6)15-7/h1-3H,(H,11,12). The summed E-state index contributed by atoms with van der Waals surface area (Å²) in [5.74, 6) is -1.92. The third-order valence-corrected chi connectivity index (χ3v) is 1.78. The number of oxazole rings is 1. The maximum atomic E-state index is 10.6. The van der Waals surface area contributed by atoms with E-state index in [9.17, 15) is 14.9 Å². The molecule has 0 fully saturated rings. The number of carbonyl (C=O) groups is 1. The zero-order chi connectivity index (χ0) is 11.0. The van der Waals surface area contributed by atoms with Crippen molar-refractivity contribution in [2.75, 3.05) is 0 Å². The Morgan fingerprint density at radius 3 is 2.87 bits per heavy atom. The molecule has 1 N–H and O–H groups in total. The Morgan fingerprint density at radius 1 is 1.53 bits per heavy atom. The van der Waals surface area contributed by atoms with Crippen LogP contribution >= 0.6 is 0 Å². The molecule has 1 aromatic heterocycles. The van der Waals surface area contributed by atoms with E-state index in [0.29, 0.717) is 0 Å². The van der Waals surface area contributed by atoms with Crippen molar-refractivity contribution in [2.45, 2.75) is 0 Å². The fourth-order valence-corrected chi connectivity index (χ4v) is 1.17. The Hall–Kier alpha value is -2.44. The number of non-ortho nitro benzene ring substituents is 1. The van der Waals surface area contributed by atoms with Gasteiger partial charge in [0.25, 0.3) is 5.69 Å². The normalized spacial score (nSPS) is 10.4. The second-order valence-corrected chi connectivity index (χ2v) is 2.71. The number of carboxylic acid groups (broad SMARTS) is 1. The van der Waals surface area contributed by atoms with Crippen LogP contribution in [0.15, 0.2) is 22.6 Å². The number of rotatable bonds is 2. The summed E-state index contributed by atoms with van der Waals surface area (Å²) in [5, 5.41) is 19.2. The number of benzene rings is 1. The number of aromatic carboxylic acids is 1. The molecule has 0 aliphatic rings. The van der Waals surface area contributed by atoms with Gasteiger partial charge in [-0.2, -0.15) is 4.98 Å². The van der Waals surface area contributed by atoms with Gasteiger partial charge >= 0.3 is 11.9 Å². The highest BCUT2D eigenvalue weighted by atomic mass is 16.6. The number of hydrogen-bond acceptors (Lipinski definition) is 5. The van der Waals surface area contributed by atoms with Crippen molar-refractivity contribution >= 4 is 22.8 Å². The molecule has 0 amide bonds. The van der Waals surface area contributed by atoms with Crippen LogP contribution in [0.1, 0.15) is 10.7 Å². The van der Waals surface area contributed by atoms with Gasteiger partial charge in [-0.1, -0.05) is 6.07 Å². The molecule has 0 atom stereocenters. The van der Waals surface area contributed by atoms with Gasteiger partial charge in [-0.05, 0) is 6.07 Å². The molecule has 0 aliphatic carbocycles. The van der Waals surface area contributed by atoms with Crippen molar-refractivity contribution in [1.82, 2.24) is 4.98 Å². The van der Waals surface area contributed by atoms with Gasteiger partial charge in [0.1, 0.15) is 0 Å². The van der Waals surface area contributed by atoms with E-state index in [-0.39, 0.29) is 16.8 Å². The van der Waals surface area contributed by atoms with Gasteiger partial charge < -0.3 is 9.52 Å². The highest BCUT2D eigenvalue weighted by Gasteiger charge is 2.20. The van der Waals surface area contributed by atoms with Crippen molar-refractivity contribution in [3.05, 3.63) is 34.2 Å². The average Bonchev–Trinajstić information content (AvgIpc) is 2.60. The van der Waals surface area contributed by atoms with Crippen LogP contribution < -0.4 is 0 Å². The van der Waals surface area contributed by atoms with Gasteiger partial charge in [-0.15, -0.1) is 0 Å². The van der Waals surface area contributed by atoms with E-state index >= 15 is 0 Å². The second-order valence-electron chi connectivity index (χ2n) is 2.71. The van der Waals surface area contributed by atoms with E-state index in [1.165, 1.54) is 18.2 Å². The molecular formula is C8H4N2O5. The molecule has 2 rings (SSSR count). The topological polar surface area (TPSA) is 106 Å². The summed E-state index contributed by atoms with van der Waals surface area (Å²) in [4.78, 5) is 24.0. The molecule has 2 aromatic rings. The molecule has 0 radical (unpaired) electrons. The molecule has 0 spiro atoms. The maximum absolute atomic E-state index is 10.6. The first-order valence-electron chi connectivity index (χ1n) is 3.87. The number of carboxylic acids is 1. The minimum Gasteiger partial charge on any atom is -0.474 e. The lowest BCUT2D eigenvalue weighted by Gasteiger charge is -1.88. The lowest BCUT2D eigenvalue weighted by atomic mass is 10.3. The van der Waals surface area contributed by atoms with Crippen molar-refractivity contribution < 1.29 is 19.2 Å². The third-order valence-electron chi connectivity index (χ3n) is 1.78. The summed E-state index contributed by atoms with van der Waals surface area (Å²) in [6.45, 7) is 0. The molecular weight excluding hydrogens is 204 g/mol. The van der Waals surface area contributed by atoms with Crippen LogP contribution in [0.5, 0.6) is 0 Å². The summed E-state index contributed by atoms with van der Waals surface area (Å²) in [6, 6.07) is 4.05. The first kappa shape index (κ1) is 9.13. The Balaban J connectivity index is 2.75. The zero-order valence-electron chi connectivity index (χ0n) is 7.21. The fraction of sp³-hybridized carbons (Fsp3) is 0. The SMILES string of the molecule is O=C(O)c1nc2c([N+](=O)[O-])cccc2o1. The van der Waals surface area contributed by atoms with E-state index < -0.39 is 16.8 Å². The van der Waals surface area contributed by atoms with Gasteiger partial charge in [0.05, 0.1) is 4.92 Å². The van der Waals surface area contributed by atoms with Crippen LogP contribution in [0, 0.1) is 10.1 Å². The van der Waals surface area contributed by atoms with Crippen LogP contribution in [0.25, 0.3) is 11.1 Å². The molecule has 0 aliphatic heterocycles. The number of fused-ring (bicyclic) bond motifs is 1. The van der Waals surface area contributed by atoms with Crippen LogP contribution in [0.3, 0.4) is 0 Å². The van der Waals surface area contributed by atoms with Gasteiger partial charge in [0.2, 0.25) is 0 Å². The van der Waals surface area contributed by atoms with Gasteiger partial charge in [0, 0.05) is 6.07 Å². The molecule has 1 heterocycles. The molecule has 7 nitrogen and oxygen atoms in total. The number of nitro benzene ring substituents is 1. The van der Waals surface area contributed by atoms with Crippen LogP contribution in [0.2, 0.25) is 0 Å². The molecule has 0 unspecified atom stereocenters. The lowest BCUT2D eigenvalue weighted by molar-refractivity contribution is -0.383. The van der Waals surface area contributed by atoms with E-state index in [1.807, 2.05) is 0 Å².